The van der Waals surface area contributed by atoms with E-state index in [9.17, 15) is 0 Å². The molecule has 104 valence electrons. The van der Waals surface area contributed by atoms with Gasteiger partial charge in [-0.2, -0.15) is 0 Å². The molecule has 1 unspecified atom stereocenters. The zero-order valence-corrected chi connectivity index (χ0v) is 11.9. The van der Waals surface area contributed by atoms with Gasteiger partial charge in [0.15, 0.2) is 5.96 Å². The number of nitrogens with zero attached hydrogens (tertiary/aromatic N) is 3. The van der Waals surface area contributed by atoms with Gasteiger partial charge in [0, 0.05) is 45.3 Å². The van der Waals surface area contributed by atoms with Gasteiger partial charge in [0.2, 0.25) is 0 Å². The van der Waals surface area contributed by atoms with Gasteiger partial charge < -0.3 is 15.5 Å². The summed E-state index contributed by atoms with van der Waals surface area (Å²) in [6.45, 7) is 12.2. The van der Waals surface area contributed by atoms with E-state index in [0.29, 0.717) is 12.0 Å². The summed E-state index contributed by atoms with van der Waals surface area (Å²) in [5.41, 5.74) is 0. The smallest absolute Gasteiger partial charge is 0.191 e. The van der Waals surface area contributed by atoms with Crippen LogP contribution >= 0.6 is 0 Å². The number of hydrogen-bond acceptors (Lipinski definition) is 5. The fourth-order valence-corrected chi connectivity index (χ4v) is 2.66. The van der Waals surface area contributed by atoms with E-state index in [4.69, 9.17) is 0 Å². The van der Waals surface area contributed by atoms with E-state index in [1.54, 1.807) is 0 Å². The lowest BCUT2D eigenvalue weighted by molar-refractivity contribution is 0.0900. The SMILES string of the molecule is CC(C)C(CNC1=NCCN1)N1CCN(C)CC1. The van der Waals surface area contributed by atoms with Gasteiger partial charge in [-0.15, -0.1) is 0 Å². The second-order valence-electron chi connectivity index (χ2n) is 5.69. The van der Waals surface area contributed by atoms with Crippen molar-refractivity contribution < 1.29 is 0 Å². The summed E-state index contributed by atoms with van der Waals surface area (Å²) in [5.74, 6) is 1.65. The molecule has 5 nitrogen and oxygen atoms in total. The Kier molecular flexibility index (Phi) is 4.83. The summed E-state index contributed by atoms with van der Waals surface area (Å²) in [6, 6.07) is 0.601. The van der Waals surface area contributed by atoms with Crippen LogP contribution in [0.2, 0.25) is 0 Å². The Hall–Kier alpha value is -0.810. The van der Waals surface area contributed by atoms with Gasteiger partial charge in [-0.3, -0.25) is 9.89 Å². The summed E-state index contributed by atoms with van der Waals surface area (Å²) in [7, 11) is 2.21. The summed E-state index contributed by atoms with van der Waals surface area (Å²) in [5, 5.41) is 6.73. The molecule has 18 heavy (non-hydrogen) atoms. The third-order valence-corrected chi connectivity index (χ3v) is 3.93. The van der Waals surface area contributed by atoms with Crippen molar-refractivity contribution in [2.45, 2.75) is 19.9 Å². The van der Waals surface area contributed by atoms with Crippen LogP contribution in [-0.2, 0) is 0 Å². The fourth-order valence-electron chi connectivity index (χ4n) is 2.66. The number of guanidine groups is 1. The molecule has 0 aromatic heterocycles. The maximum atomic E-state index is 4.39. The third-order valence-electron chi connectivity index (χ3n) is 3.93. The van der Waals surface area contributed by atoms with Crippen LogP contribution in [-0.4, -0.2) is 74.7 Å². The van der Waals surface area contributed by atoms with Gasteiger partial charge in [-0.1, -0.05) is 13.8 Å². The molecule has 0 aromatic carbocycles. The van der Waals surface area contributed by atoms with Crippen LogP contribution in [0, 0.1) is 5.92 Å². The third kappa shape index (κ3) is 3.59. The molecule has 0 bridgehead atoms. The van der Waals surface area contributed by atoms with Crippen LogP contribution < -0.4 is 10.6 Å². The molecule has 1 saturated heterocycles. The number of nitrogens with one attached hydrogen (secondary N) is 2. The van der Waals surface area contributed by atoms with Crippen molar-refractivity contribution in [2.75, 3.05) is 52.9 Å². The molecule has 1 fully saturated rings. The highest BCUT2D eigenvalue weighted by molar-refractivity contribution is 5.81. The van der Waals surface area contributed by atoms with Gasteiger partial charge in [-0.05, 0) is 13.0 Å². The lowest BCUT2D eigenvalue weighted by Gasteiger charge is -2.40. The lowest BCUT2D eigenvalue weighted by atomic mass is 10.0. The minimum absolute atomic E-state index is 0.601. The predicted octanol–water partition coefficient (Wildman–Crippen LogP) is -0.193. The number of rotatable bonds is 4. The average molecular weight is 253 g/mol. The first-order valence-corrected chi connectivity index (χ1v) is 7.11. The molecule has 2 aliphatic rings. The quantitative estimate of drug-likeness (QED) is 0.729. The summed E-state index contributed by atoms with van der Waals surface area (Å²) < 4.78 is 0. The Bertz CT molecular complexity index is 281. The average Bonchev–Trinajstić information content (AvgIpc) is 2.84. The molecule has 0 spiro atoms. The molecular formula is C13H27N5. The van der Waals surface area contributed by atoms with Gasteiger partial charge in [0.1, 0.15) is 0 Å². The van der Waals surface area contributed by atoms with E-state index < -0.39 is 0 Å². The van der Waals surface area contributed by atoms with E-state index in [1.165, 1.54) is 26.2 Å². The molecule has 0 saturated carbocycles. The van der Waals surface area contributed by atoms with Gasteiger partial charge in [0.25, 0.3) is 0 Å². The van der Waals surface area contributed by atoms with E-state index in [-0.39, 0.29) is 0 Å². The van der Waals surface area contributed by atoms with E-state index in [0.717, 1.165) is 25.6 Å². The highest BCUT2D eigenvalue weighted by Gasteiger charge is 2.25. The van der Waals surface area contributed by atoms with Crippen LogP contribution in [0.1, 0.15) is 13.8 Å². The number of hydrogen-bond donors (Lipinski definition) is 2. The molecule has 0 amide bonds. The van der Waals surface area contributed by atoms with Crippen molar-refractivity contribution in [1.82, 2.24) is 20.4 Å². The molecule has 2 heterocycles. The van der Waals surface area contributed by atoms with E-state index in [1.807, 2.05) is 0 Å². The Balaban J connectivity index is 1.83. The van der Waals surface area contributed by atoms with Crippen LogP contribution in [0.25, 0.3) is 0 Å². The minimum Gasteiger partial charge on any atom is -0.355 e. The predicted molar refractivity (Wildman–Crippen MR) is 76.0 cm³/mol. The van der Waals surface area contributed by atoms with Gasteiger partial charge in [0.05, 0.1) is 6.54 Å². The van der Waals surface area contributed by atoms with E-state index >= 15 is 0 Å². The van der Waals surface area contributed by atoms with Crippen molar-refractivity contribution in [3.8, 4) is 0 Å². The molecule has 0 radical (unpaired) electrons. The number of piperazine rings is 1. The number of likely N-dealkylation sites (N-methyl/N-ethyl adjacent to an activating group) is 1. The van der Waals surface area contributed by atoms with Crippen molar-refractivity contribution >= 4 is 5.96 Å². The normalized spacial score (nSPS) is 23.9. The van der Waals surface area contributed by atoms with Crippen molar-refractivity contribution in [3.05, 3.63) is 0 Å². The summed E-state index contributed by atoms with van der Waals surface area (Å²) >= 11 is 0. The molecule has 5 heteroatoms. The van der Waals surface area contributed by atoms with Crippen molar-refractivity contribution in [3.63, 3.8) is 0 Å². The molecule has 2 aliphatic heterocycles. The first-order valence-electron chi connectivity index (χ1n) is 7.11. The summed E-state index contributed by atoms with van der Waals surface area (Å²) in [6.07, 6.45) is 0. The first-order chi connectivity index (χ1) is 8.66. The zero-order chi connectivity index (χ0) is 13.0. The van der Waals surface area contributed by atoms with Gasteiger partial charge in [-0.25, -0.2) is 0 Å². The molecule has 2 rings (SSSR count). The number of aliphatic imine (C=N–C) groups is 1. The van der Waals surface area contributed by atoms with Crippen LogP contribution in [0.4, 0.5) is 0 Å². The Morgan fingerprint density at radius 3 is 2.56 bits per heavy atom. The fraction of sp³-hybridized carbons (Fsp3) is 0.923. The standard InChI is InChI=1S/C13H27N5/c1-11(2)12(10-16-13-14-4-5-15-13)18-8-6-17(3)7-9-18/h11-12H,4-10H2,1-3H3,(H2,14,15,16). The molecule has 0 aliphatic carbocycles. The van der Waals surface area contributed by atoms with Gasteiger partial charge >= 0.3 is 0 Å². The monoisotopic (exact) mass is 253 g/mol. The summed E-state index contributed by atoms with van der Waals surface area (Å²) in [4.78, 5) is 9.42. The lowest BCUT2D eigenvalue weighted by Crippen LogP contribution is -2.54. The second-order valence-corrected chi connectivity index (χ2v) is 5.69. The van der Waals surface area contributed by atoms with Crippen molar-refractivity contribution in [1.29, 1.82) is 0 Å². The molecule has 2 N–H and O–H groups in total. The highest BCUT2D eigenvalue weighted by Crippen LogP contribution is 2.12. The largest absolute Gasteiger partial charge is 0.355 e. The molecular weight excluding hydrogens is 226 g/mol. The Labute approximate surface area is 111 Å². The first kappa shape index (κ1) is 13.6. The Morgan fingerprint density at radius 2 is 2.00 bits per heavy atom. The van der Waals surface area contributed by atoms with Crippen LogP contribution in [0.5, 0.6) is 0 Å². The molecule has 0 aromatic rings. The van der Waals surface area contributed by atoms with Crippen LogP contribution in [0.3, 0.4) is 0 Å². The topological polar surface area (TPSA) is 42.9 Å². The molecule has 1 atom stereocenters. The second kappa shape index (κ2) is 6.38. The Morgan fingerprint density at radius 1 is 1.28 bits per heavy atom. The maximum Gasteiger partial charge on any atom is 0.191 e. The zero-order valence-electron chi connectivity index (χ0n) is 11.9. The minimum atomic E-state index is 0.601. The van der Waals surface area contributed by atoms with Crippen molar-refractivity contribution in [2.24, 2.45) is 10.9 Å². The maximum absolute atomic E-state index is 4.39. The van der Waals surface area contributed by atoms with E-state index in [2.05, 4.69) is 46.3 Å². The highest BCUT2D eigenvalue weighted by atomic mass is 15.3. The van der Waals surface area contributed by atoms with Crippen LogP contribution in [0.15, 0.2) is 4.99 Å².